The molecule has 2 atom stereocenters. The predicted molar refractivity (Wildman–Crippen MR) is 176 cm³/mol. The number of thiazole rings is 1. The summed E-state index contributed by atoms with van der Waals surface area (Å²) >= 11 is 7.65. The quantitative estimate of drug-likeness (QED) is 0.231. The van der Waals surface area contributed by atoms with Crippen LogP contribution in [0.2, 0.25) is 5.02 Å². The summed E-state index contributed by atoms with van der Waals surface area (Å²) in [6.45, 7) is 5.76. The van der Waals surface area contributed by atoms with E-state index in [9.17, 15) is 19.2 Å². The Hall–Kier alpha value is -4.75. The Kier molecular flexibility index (Phi) is 10.9. The predicted octanol–water partition coefficient (Wildman–Crippen LogP) is 4.06. The van der Waals surface area contributed by atoms with Crippen LogP contribution in [0, 0.1) is 6.92 Å². The molecule has 1 saturated heterocycles. The van der Waals surface area contributed by atoms with Crippen LogP contribution in [0.5, 0.6) is 5.75 Å². The summed E-state index contributed by atoms with van der Waals surface area (Å²) in [4.78, 5) is 63.7. The number of halogens is 1. The molecule has 0 spiro atoms. The molecule has 246 valence electrons. The number of piperazine rings is 1. The molecule has 0 aliphatic carbocycles. The first-order chi connectivity index (χ1) is 22.6. The van der Waals surface area contributed by atoms with E-state index in [0.29, 0.717) is 34.6 Å². The summed E-state index contributed by atoms with van der Waals surface area (Å²) in [6.07, 6.45) is -3.39. The van der Waals surface area contributed by atoms with Crippen LogP contribution in [0.15, 0.2) is 60.0 Å². The number of amides is 2. The third kappa shape index (κ3) is 8.54. The van der Waals surface area contributed by atoms with Crippen molar-refractivity contribution < 1.29 is 33.4 Å². The van der Waals surface area contributed by atoms with Crippen molar-refractivity contribution in [1.29, 1.82) is 0 Å². The number of nitrogens with zero attached hydrogens (tertiary/aromatic N) is 4. The zero-order valence-corrected chi connectivity index (χ0v) is 27.7. The Morgan fingerprint density at radius 3 is 2.34 bits per heavy atom. The highest BCUT2D eigenvalue weighted by atomic mass is 35.5. The molecule has 47 heavy (non-hydrogen) atoms. The van der Waals surface area contributed by atoms with Crippen molar-refractivity contribution in [2.75, 3.05) is 31.1 Å². The Labute approximate surface area is 280 Å². The standard InChI is InChI=1S/C33H34ClN5O7S/c1-20-16-28(24-8-4-6-10-26(24)36-20)44-18-23-19-47-29(37-23)17-35-32(42)30(45-21(2)40)31(46-22(3)41)33(43)39-14-12-38(13-15-39)27-11-7-5-9-25(27)34/h4-11,16,19,30-31H,12-15,17-18H2,1-3H3,(H,35,42)/t30-,31-/m1/s1. The van der Waals surface area contributed by atoms with Crippen molar-refractivity contribution >= 4 is 63.3 Å². The van der Waals surface area contributed by atoms with Crippen molar-refractivity contribution in [3.63, 3.8) is 0 Å². The molecule has 3 heterocycles. The molecule has 4 aromatic rings. The fourth-order valence-electron chi connectivity index (χ4n) is 5.21. The molecule has 14 heteroatoms. The summed E-state index contributed by atoms with van der Waals surface area (Å²) < 4.78 is 16.6. The largest absolute Gasteiger partial charge is 0.486 e. The lowest BCUT2D eigenvalue weighted by Gasteiger charge is -2.38. The van der Waals surface area contributed by atoms with Gasteiger partial charge in [-0.15, -0.1) is 11.3 Å². The summed E-state index contributed by atoms with van der Waals surface area (Å²) in [7, 11) is 0. The molecule has 0 radical (unpaired) electrons. The van der Waals surface area contributed by atoms with E-state index in [2.05, 4.69) is 15.3 Å². The van der Waals surface area contributed by atoms with Crippen molar-refractivity contribution in [3.05, 3.63) is 81.4 Å². The molecule has 1 aliphatic rings. The van der Waals surface area contributed by atoms with E-state index < -0.39 is 36.0 Å². The second-order valence-electron chi connectivity index (χ2n) is 10.8. The van der Waals surface area contributed by atoms with E-state index in [1.807, 2.05) is 65.7 Å². The Balaban J connectivity index is 1.22. The Morgan fingerprint density at radius 1 is 0.936 bits per heavy atom. The third-order valence-corrected chi connectivity index (χ3v) is 8.56. The van der Waals surface area contributed by atoms with Crippen molar-refractivity contribution in [2.24, 2.45) is 0 Å². The summed E-state index contributed by atoms with van der Waals surface area (Å²) in [5.74, 6) is -2.38. The molecule has 5 rings (SSSR count). The number of carbonyl (C=O) groups is 4. The maximum absolute atomic E-state index is 13.6. The van der Waals surface area contributed by atoms with Gasteiger partial charge in [0, 0.05) is 62.6 Å². The summed E-state index contributed by atoms with van der Waals surface area (Å²) in [6, 6.07) is 17.0. The van der Waals surface area contributed by atoms with Crippen LogP contribution in [0.3, 0.4) is 0 Å². The van der Waals surface area contributed by atoms with Gasteiger partial charge in [-0.3, -0.25) is 24.2 Å². The zero-order chi connectivity index (χ0) is 33.5. The number of ether oxygens (including phenoxy) is 3. The topological polar surface area (TPSA) is 140 Å². The summed E-state index contributed by atoms with van der Waals surface area (Å²) in [5.41, 5.74) is 3.15. The number of anilines is 1. The second-order valence-corrected chi connectivity index (χ2v) is 12.2. The van der Waals surface area contributed by atoms with E-state index in [1.54, 1.807) is 6.07 Å². The van der Waals surface area contributed by atoms with Crippen LogP contribution >= 0.6 is 22.9 Å². The van der Waals surface area contributed by atoms with Crippen molar-refractivity contribution in [3.8, 4) is 5.75 Å². The van der Waals surface area contributed by atoms with E-state index in [4.69, 9.17) is 25.8 Å². The third-order valence-electron chi connectivity index (χ3n) is 7.34. The van der Waals surface area contributed by atoms with Crippen LogP contribution in [-0.2, 0) is 41.8 Å². The number of para-hydroxylation sites is 2. The highest BCUT2D eigenvalue weighted by Crippen LogP contribution is 2.27. The van der Waals surface area contributed by atoms with Crippen LogP contribution in [0.1, 0.15) is 30.2 Å². The van der Waals surface area contributed by atoms with Gasteiger partial charge in [0.05, 0.1) is 28.5 Å². The summed E-state index contributed by atoms with van der Waals surface area (Å²) in [5, 5.41) is 6.51. The molecule has 12 nitrogen and oxygen atoms in total. The van der Waals surface area contributed by atoms with Gasteiger partial charge < -0.3 is 29.3 Å². The van der Waals surface area contributed by atoms with Crippen LogP contribution in [-0.4, -0.2) is 77.0 Å². The molecular weight excluding hydrogens is 646 g/mol. The van der Waals surface area contributed by atoms with E-state index in [1.165, 1.54) is 16.2 Å². The first-order valence-corrected chi connectivity index (χ1v) is 16.2. The van der Waals surface area contributed by atoms with Gasteiger partial charge in [0.2, 0.25) is 12.2 Å². The minimum atomic E-state index is -1.71. The fraction of sp³-hybridized carbons (Fsp3) is 0.333. The van der Waals surface area contributed by atoms with Gasteiger partial charge in [-0.05, 0) is 31.2 Å². The number of fused-ring (bicyclic) bond motifs is 1. The highest BCUT2D eigenvalue weighted by Gasteiger charge is 2.42. The Bertz CT molecular complexity index is 1780. The van der Waals surface area contributed by atoms with E-state index in [-0.39, 0.29) is 26.2 Å². The number of pyridine rings is 1. The fourth-order valence-corrected chi connectivity index (χ4v) is 6.18. The van der Waals surface area contributed by atoms with Gasteiger partial charge in [-0.1, -0.05) is 35.9 Å². The minimum Gasteiger partial charge on any atom is -0.486 e. The number of aryl methyl sites for hydroxylation is 1. The van der Waals surface area contributed by atoms with Crippen LogP contribution in [0.25, 0.3) is 10.9 Å². The number of hydrogen-bond acceptors (Lipinski definition) is 11. The number of nitrogens with one attached hydrogen (secondary N) is 1. The maximum atomic E-state index is 13.6. The molecule has 1 fully saturated rings. The molecule has 2 aromatic heterocycles. The number of aromatic nitrogens is 2. The van der Waals surface area contributed by atoms with Gasteiger partial charge in [-0.25, -0.2) is 4.98 Å². The smallest absolute Gasteiger partial charge is 0.303 e. The monoisotopic (exact) mass is 679 g/mol. The first kappa shape index (κ1) is 33.6. The molecule has 0 unspecified atom stereocenters. The zero-order valence-electron chi connectivity index (χ0n) is 26.1. The number of carbonyl (C=O) groups excluding carboxylic acids is 4. The molecule has 2 aromatic carbocycles. The minimum absolute atomic E-state index is 0.0178. The number of hydrogen-bond donors (Lipinski definition) is 1. The van der Waals surface area contributed by atoms with Gasteiger partial charge in [0.15, 0.2) is 0 Å². The lowest BCUT2D eigenvalue weighted by molar-refractivity contribution is -0.178. The lowest BCUT2D eigenvalue weighted by Crippen LogP contribution is -2.57. The molecule has 1 N–H and O–H groups in total. The molecule has 0 bridgehead atoms. The molecule has 1 aliphatic heterocycles. The van der Waals surface area contributed by atoms with Crippen molar-refractivity contribution in [2.45, 2.75) is 46.1 Å². The molecular formula is C33H34ClN5O7S. The number of esters is 2. The molecule has 2 amide bonds. The van der Waals surface area contributed by atoms with Gasteiger partial charge in [0.25, 0.3) is 11.8 Å². The average molecular weight is 680 g/mol. The first-order valence-electron chi connectivity index (χ1n) is 14.9. The average Bonchev–Trinajstić information content (AvgIpc) is 3.51. The maximum Gasteiger partial charge on any atom is 0.303 e. The van der Waals surface area contributed by atoms with Crippen LogP contribution < -0.4 is 15.0 Å². The molecule has 0 saturated carbocycles. The number of rotatable bonds is 11. The van der Waals surface area contributed by atoms with Gasteiger partial charge in [0.1, 0.15) is 17.4 Å². The highest BCUT2D eigenvalue weighted by molar-refractivity contribution is 7.09. The van der Waals surface area contributed by atoms with Crippen LogP contribution in [0.4, 0.5) is 5.69 Å². The Morgan fingerprint density at radius 2 is 1.62 bits per heavy atom. The SMILES string of the molecule is CC(=O)O[C@@H](C(=O)NCc1nc(COc2cc(C)nc3ccccc23)cs1)[C@@H](OC(C)=O)C(=O)N1CCN(c2ccccc2Cl)CC1. The lowest BCUT2D eigenvalue weighted by atomic mass is 10.1. The van der Waals surface area contributed by atoms with Gasteiger partial charge >= 0.3 is 11.9 Å². The second kappa shape index (κ2) is 15.2. The van der Waals surface area contributed by atoms with E-state index >= 15 is 0 Å². The van der Waals surface area contributed by atoms with E-state index in [0.717, 1.165) is 36.1 Å². The van der Waals surface area contributed by atoms with Gasteiger partial charge in [-0.2, -0.15) is 0 Å². The normalized spacial score (nSPS) is 14.3. The number of benzene rings is 2. The van der Waals surface area contributed by atoms with Crippen molar-refractivity contribution in [1.82, 2.24) is 20.2 Å².